The predicted octanol–water partition coefficient (Wildman–Crippen LogP) is 1.75. The van der Waals surface area contributed by atoms with E-state index in [1.165, 1.54) is 0 Å². The van der Waals surface area contributed by atoms with Gasteiger partial charge in [0.2, 0.25) is 0 Å². The van der Waals surface area contributed by atoms with Crippen LogP contribution in [0, 0.1) is 0 Å². The lowest BCUT2D eigenvalue weighted by Crippen LogP contribution is -2.45. The van der Waals surface area contributed by atoms with Crippen LogP contribution in [0.25, 0.3) is 0 Å². The van der Waals surface area contributed by atoms with E-state index in [1.54, 1.807) is 0 Å². The lowest BCUT2D eigenvalue weighted by Gasteiger charge is -2.33. The first-order chi connectivity index (χ1) is 6.48. The number of nitrogens with zero attached hydrogens (tertiary/aromatic N) is 2. The maximum Gasteiger partial charge on any atom is 0.146 e. The van der Waals surface area contributed by atoms with Gasteiger partial charge in [-0.05, 0) is 26.8 Å². The fraction of sp³-hybridized carbons (Fsp3) is 0.545. The summed E-state index contributed by atoms with van der Waals surface area (Å²) in [5.41, 5.74) is 0.866. The van der Waals surface area contributed by atoms with Crippen molar-refractivity contribution in [3.8, 4) is 0 Å². The molecule has 1 aliphatic rings. The molecule has 1 aliphatic heterocycles. The Labute approximate surface area is 86.2 Å². The van der Waals surface area contributed by atoms with Crippen LogP contribution in [0.4, 0.5) is 0 Å². The van der Waals surface area contributed by atoms with Crippen molar-refractivity contribution in [2.75, 3.05) is 14.1 Å². The second kappa shape index (κ2) is 3.86. The van der Waals surface area contributed by atoms with Crippen LogP contribution in [-0.4, -0.2) is 30.9 Å². The first-order valence-corrected chi connectivity index (χ1v) is 4.84. The van der Waals surface area contributed by atoms with E-state index >= 15 is 0 Å². The van der Waals surface area contributed by atoms with E-state index in [0.29, 0.717) is 0 Å². The lowest BCUT2D eigenvalue weighted by molar-refractivity contribution is 0.384. The molecule has 0 aromatic rings. The Morgan fingerprint density at radius 2 is 2.14 bits per heavy atom. The second-order valence-corrected chi connectivity index (χ2v) is 3.96. The van der Waals surface area contributed by atoms with E-state index in [9.17, 15) is 0 Å². The highest BCUT2D eigenvalue weighted by Gasteiger charge is 2.24. The zero-order chi connectivity index (χ0) is 10.8. The molecule has 1 N–H and O–H groups in total. The third kappa shape index (κ3) is 2.16. The number of hydrogen-bond donors (Lipinski definition) is 1. The Bertz CT molecular complexity index is 300. The van der Waals surface area contributed by atoms with Crippen LogP contribution < -0.4 is 5.32 Å². The van der Waals surface area contributed by atoms with Crippen molar-refractivity contribution in [3.05, 3.63) is 23.5 Å². The van der Waals surface area contributed by atoms with E-state index in [-0.39, 0.29) is 5.66 Å². The smallest absolute Gasteiger partial charge is 0.146 e. The molecule has 78 valence electrons. The number of allylic oxidation sites excluding steroid dienone is 2. The Kier molecular flexibility index (Phi) is 2.99. The summed E-state index contributed by atoms with van der Waals surface area (Å²) in [4.78, 5) is 6.53. The molecule has 0 aromatic heterocycles. The maximum absolute atomic E-state index is 4.46. The van der Waals surface area contributed by atoms with Crippen molar-refractivity contribution in [1.29, 1.82) is 0 Å². The zero-order valence-corrected chi connectivity index (χ0v) is 9.63. The van der Waals surface area contributed by atoms with Crippen LogP contribution >= 0.6 is 0 Å². The molecule has 0 aromatic carbocycles. The highest BCUT2D eigenvalue weighted by atomic mass is 15.3. The van der Waals surface area contributed by atoms with E-state index in [0.717, 1.165) is 11.4 Å². The quantitative estimate of drug-likeness (QED) is 0.676. The first-order valence-electron chi connectivity index (χ1n) is 4.84. The van der Waals surface area contributed by atoms with Gasteiger partial charge >= 0.3 is 0 Å². The molecular weight excluding hydrogens is 174 g/mol. The van der Waals surface area contributed by atoms with Gasteiger partial charge in [0.15, 0.2) is 0 Å². The third-order valence-corrected chi connectivity index (χ3v) is 2.21. The van der Waals surface area contributed by atoms with Crippen molar-refractivity contribution >= 4 is 6.21 Å². The summed E-state index contributed by atoms with van der Waals surface area (Å²) < 4.78 is 0. The molecule has 1 rings (SSSR count). The number of aliphatic imine (C=N–C) groups is 1. The Morgan fingerprint density at radius 1 is 1.50 bits per heavy atom. The molecule has 14 heavy (non-hydrogen) atoms. The minimum absolute atomic E-state index is 0.298. The molecule has 1 unspecified atom stereocenters. The summed E-state index contributed by atoms with van der Waals surface area (Å²) in [5, 5.41) is 3.40. The van der Waals surface area contributed by atoms with Crippen molar-refractivity contribution in [2.45, 2.75) is 26.4 Å². The molecule has 3 nitrogen and oxygen atoms in total. The highest BCUT2D eigenvalue weighted by molar-refractivity contribution is 5.80. The fourth-order valence-corrected chi connectivity index (χ4v) is 1.54. The molecule has 1 heterocycles. The molecule has 1 atom stereocenters. The minimum Gasteiger partial charge on any atom is -0.364 e. The van der Waals surface area contributed by atoms with Crippen LogP contribution in [-0.2, 0) is 0 Å². The Morgan fingerprint density at radius 3 is 2.64 bits per heavy atom. The normalized spacial score (nSPS) is 26.9. The summed E-state index contributed by atoms with van der Waals surface area (Å²) in [5.74, 6) is 1.13. The van der Waals surface area contributed by atoms with Crippen molar-refractivity contribution in [3.63, 3.8) is 0 Å². The van der Waals surface area contributed by atoms with Crippen molar-refractivity contribution < 1.29 is 0 Å². The Balaban J connectivity index is 2.94. The van der Waals surface area contributed by atoms with Gasteiger partial charge in [-0.25, -0.2) is 0 Å². The van der Waals surface area contributed by atoms with Gasteiger partial charge in [0.05, 0.1) is 0 Å². The summed E-state index contributed by atoms with van der Waals surface area (Å²) in [6.45, 7) is 6.11. The van der Waals surface area contributed by atoms with Crippen LogP contribution in [0.15, 0.2) is 28.5 Å². The van der Waals surface area contributed by atoms with Gasteiger partial charge in [0, 0.05) is 25.9 Å². The van der Waals surface area contributed by atoms with Crippen LogP contribution in [0.5, 0.6) is 0 Å². The SMILES string of the molecule is C/C=C/C1(C)N=CC(C)=C(N(C)C)N1. The predicted molar refractivity (Wildman–Crippen MR) is 61.2 cm³/mol. The molecule has 0 fully saturated rings. The molecule has 0 radical (unpaired) electrons. The summed E-state index contributed by atoms with van der Waals surface area (Å²) in [6.07, 6.45) is 5.99. The topological polar surface area (TPSA) is 27.6 Å². The van der Waals surface area contributed by atoms with E-state index < -0.39 is 0 Å². The lowest BCUT2D eigenvalue weighted by atomic mass is 10.1. The number of nitrogens with one attached hydrogen (secondary N) is 1. The van der Waals surface area contributed by atoms with Gasteiger partial charge in [0.25, 0.3) is 0 Å². The molecular formula is C11H19N3. The average molecular weight is 193 g/mol. The monoisotopic (exact) mass is 193 g/mol. The molecule has 3 heteroatoms. The highest BCUT2D eigenvalue weighted by Crippen LogP contribution is 2.18. The molecule has 0 spiro atoms. The maximum atomic E-state index is 4.46. The van der Waals surface area contributed by atoms with Crippen LogP contribution in [0.1, 0.15) is 20.8 Å². The van der Waals surface area contributed by atoms with Gasteiger partial charge in [-0.2, -0.15) is 0 Å². The van der Waals surface area contributed by atoms with Crippen LogP contribution in [0.2, 0.25) is 0 Å². The molecule has 0 aliphatic carbocycles. The molecule has 0 amide bonds. The molecule has 0 saturated carbocycles. The van der Waals surface area contributed by atoms with Crippen molar-refractivity contribution in [2.24, 2.45) is 4.99 Å². The molecule has 0 saturated heterocycles. The fourth-order valence-electron chi connectivity index (χ4n) is 1.54. The summed E-state index contributed by atoms with van der Waals surface area (Å²) in [6, 6.07) is 0. The van der Waals surface area contributed by atoms with E-state index in [1.807, 2.05) is 33.3 Å². The summed E-state index contributed by atoms with van der Waals surface area (Å²) >= 11 is 0. The largest absolute Gasteiger partial charge is 0.364 e. The van der Waals surface area contributed by atoms with Gasteiger partial charge in [-0.3, -0.25) is 4.99 Å². The van der Waals surface area contributed by atoms with Gasteiger partial charge in [0.1, 0.15) is 11.5 Å². The van der Waals surface area contributed by atoms with Gasteiger partial charge in [-0.15, -0.1) is 0 Å². The van der Waals surface area contributed by atoms with Gasteiger partial charge in [-0.1, -0.05) is 6.08 Å². The third-order valence-electron chi connectivity index (χ3n) is 2.21. The van der Waals surface area contributed by atoms with Crippen LogP contribution in [0.3, 0.4) is 0 Å². The van der Waals surface area contributed by atoms with Crippen molar-refractivity contribution in [1.82, 2.24) is 10.2 Å². The van der Waals surface area contributed by atoms with E-state index in [4.69, 9.17) is 0 Å². The zero-order valence-electron chi connectivity index (χ0n) is 9.63. The summed E-state index contributed by atoms with van der Waals surface area (Å²) in [7, 11) is 4.06. The standard InChI is InChI=1S/C11H19N3/c1-6-7-11(3)12-8-9(2)10(13-11)14(4)5/h6-8,13H,1-5H3/b7-6+. The number of hydrogen-bond acceptors (Lipinski definition) is 3. The minimum atomic E-state index is -0.298. The molecule has 0 bridgehead atoms. The Hall–Kier alpha value is -1.25. The van der Waals surface area contributed by atoms with Gasteiger partial charge < -0.3 is 10.2 Å². The average Bonchev–Trinajstić information content (AvgIpc) is 2.10. The second-order valence-electron chi connectivity index (χ2n) is 3.96. The number of rotatable bonds is 2. The first kappa shape index (κ1) is 10.8. The van der Waals surface area contributed by atoms with E-state index in [2.05, 4.69) is 35.1 Å².